The summed E-state index contributed by atoms with van der Waals surface area (Å²) in [6, 6.07) is 0. The summed E-state index contributed by atoms with van der Waals surface area (Å²) in [4.78, 5) is 0. The van der Waals surface area contributed by atoms with E-state index in [4.69, 9.17) is 4.43 Å². The topological polar surface area (TPSA) is 9.23 Å². The second kappa shape index (κ2) is 4.96. The van der Waals surface area contributed by atoms with Gasteiger partial charge in [-0.25, -0.2) is 0 Å². The van der Waals surface area contributed by atoms with Crippen LogP contribution in [0.4, 0.5) is 0 Å². The highest BCUT2D eigenvalue weighted by molar-refractivity contribution is 6.48. The monoisotopic (exact) mass is 200 g/mol. The number of hydrogen-bond donors (Lipinski definition) is 0. The van der Waals surface area contributed by atoms with Crippen LogP contribution < -0.4 is 0 Å². The third kappa shape index (κ3) is 4.63. The molecule has 0 radical (unpaired) electrons. The molecule has 0 N–H and O–H groups in total. The van der Waals surface area contributed by atoms with Crippen molar-refractivity contribution in [2.24, 2.45) is 11.3 Å². The van der Waals surface area contributed by atoms with Gasteiger partial charge in [-0.05, 0) is 24.4 Å². The van der Waals surface area contributed by atoms with Crippen molar-refractivity contribution in [1.29, 1.82) is 0 Å². The second-order valence-corrected chi connectivity index (χ2v) is 7.44. The molecule has 0 aliphatic heterocycles. The van der Waals surface area contributed by atoms with E-state index in [9.17, 15) is 0 Å². The van der Waals surface area contributed by atoms with E-state index in [-0.39, 0.29) is 5.41 Å². The Morgan fingerprint density at radius 2 is 1.77 bits per heavy atom. The van der Waals surface area contributed by atoms with E-state index in [2.05, 4.69) is 47.4 Å². The van der Waals surface area contributed by atoms with Crippen molar-refractivity contribution in [3.05, 3.63) is 12.7 Å². The van der Waals surface area contributed by atoms with Gasteiger partial charge in [-0.2, -0.15) is 0 Å². The molecule has 0 bridgehead atoms. The van der Waals surface area contributed by atoms with Gasteiger partial charge in [-0.3, -0.25) is 0 Å². The van der Waals surface area contributed by atoms with Gasteiger partial charge in [-0.15, -0.1) is 6.58 Å². The molecule has 0 amide bonds. The fourth-order valence-electron chi connectivity index (χ4n) is 1.53. The van der Waals surface area contributed by atoms with E-state index in [1.807, 2.05) is 6.08 Å². The maximum absolute atomic E-state index is 6.04. The minimum absolute atomic E-state index is 0.213. The smallest absolute Gasteiger partial charge is 0.171 e. The van der Waals surface area contributed by atoms with Gasteiger partial charge in [0.05, 0.1) is 6.10 Å². The Balaban J connectivity index is 4.46. The predicted molar refractivity (Wildman–Crippen MR) is 62.6 cm³/mol. The minimum atomic E-state index is -0.946. The molecular formula is C11H24OSi. The Kier molecular flexibility index (Phi) is 4.93. The maximum atomic E-state index is 6.04. The van der Waals surface area contributed by atoms with Gasteiger partial charge in [0.1, 0.15) is 0 Å². The first kappa shape index (κ1) is 12.9. The van der Waals surface area contributed by atoms with Crippen LogP contribution >= 0.6 is 0 Å². The third-order valence-electron chi connectivity index (χ3n) is 2.12. The highest BCUT2D eigenvalue weighted by Crippen LogP contribution is 2.29. The Morgan fingerprint density at radius 3 is 2.00 bits per heavy atom. The molecular weight excluding hydrogens is 176 g/mol. The lowest BCUT2D eigenvalue weighted by Crippen LogP contribution is -2.37. The second-order valence-electron chi connectivity index (χ2n) is 5.07. The van der Waals surface area contributed by atoms with Crippen LogP contribution in [0, 0.1) is 11.3 Å². The molecule has 1 nitrogen and oxygen atoms in total. The predicted octanol–water partition coefficient (Wildman–Crippen LogP) is 3.22. The van der Waals surface area contributed by atoms with Crippen molar-refractivity contribution >= 4 is 9.04 Å². The fourth-order valence-corrected chi connectivity index (χ4v) is 2.78. The first-order valence-electron chi connectivity index (χ1n) is 5.07. The summed E-state index contributed by atoms with van der Waals surface area (Å²) in [6.45, 7) is 17.1. The van der Waals surface area contributed by atoms with Crippen LogP contribution in [0.1, 0.15) is 27.7 Å². The Hall–Kier alpha value is -0.0831. The SMILES string of the molecule is C=CC(C)C(O[SiH](C)C)C(C)(C)C. The van der Waals surface area contributed by atoms with Crippen LogP contribution in [-0.4, -0.2) is 15.1 Å². The van der Waals surface area contributed by atoms with Gasteiger partial charge in [-0.1, -0.05) is 33.8 Å². The van der Waals surface area contributed by atoms with Crippen molar-refractivity contribution in [3.8, 4) is 0 Å². The molecule has 0 aromatic rings. The summed E-state index contributed by atoms with van der Waals surface area (Å²) in [5.41, 5.74) is 0.213. The summed E-state index contributed by atoms with van der Waals surface area (Å²) >= 11 is 0. The van der Waals surface area contributed by atoms with Crippen LogP contribution in [0.25, 0.3) is 0 Å². The van der Waals surface area contributed by atoms with Gasteiger partial charge in [0.2, 0.25) is 0 Å². The lowest BCUT2D eigenvalue weighted by Gasteiger charge is -2.35. The zero-order chi connectivity index (χ0) is 10.6. The fraction of sp³-hybridized carbons (Fsp3) is 0.818. The average Bonchev–Trinajstić information content (AvgIpc) is 1.96. The molecule has 2 atom stereocenters. The molecule has 78 valence electrons. The molecule has 0 rings (SSSR count). The Morgan fingerprint density at radius 1 is 1.31 bits per heavy atom. The van der Waals surface area contributed by atoms with Crippen LogP contribution in [0.2, 0.25) is 13.1 Å². The summed E-state index contributed by atoms with van der Waals surface area (Å²) in [6.07, 6.45) is 2.31. The van der Waals surface area contributed by atoms with Crippen molar-refractivity contribution in [2.45, 2.75) is 46.9 Å². The van der Waals surface area contributed by atoms with E-state index in [1.54, 1.807) is 0 Å². The highest BCUT2D eigenvalue weighted by Gasteiger charge is 2.29. The Labute approximate surface area is 84.9 Å². The quantitative estimate of drug-likeness (QED) is 0.500. The van der Waals surface area contributed by atoms with Crippen molar-refractivity contribution in [3.63, 3.8) is 0 Å². The molecule has 0 heterocycles. The van der Waals surface area contributed by atoms with Gasteiger partial charge >= 0.3 is 0 Å². The Bertz CT molecular complexity index is 158. The first-order valence-corrected chi connectivity index (χ1v) is 7.85. The molecule has 0 aliphatic carbocycles. The molecule has 0 saturated heterocycles. The van der Waals surface area contributed by atoms with E-state index in [0.717, 1.165) is 0 Å². The van der Waals surface area contributed by atoms with Crippen LogP contribution in [0.15, 0.2) is 12.7 Å². The van der Waals surface area contributed by atoms with Crippen molar-refractivity contribution in [2.75, 3.05) is 0 Å². The van der Waals surface area contributed by atoms with Crippen LogP contribution in [-0.2, 0) is 4.43 Å². The molecule has 0 fully saturated rings. The number of hydrogen-bond acceptors (Lipinski definition) is 1. The van der Waals surface area contributed by atoms with E-state index in [0.29, 0.717) is 12.0 Å². The van der Waals surface area contributed by atoms with Crippen molar-refractivity contribution < 1.29 is 4.43 Å². The van der Waals surface area contributed by atoms with Gasteiger partial charge < -0.3 is 4.43 Å². The zero-order valence-corrected chi connectivity index (χ0v) is 11.1. The van der Waals surface area contributed by atoms with Crippen LogP contribution in [0.5, 0.6) is 0 Å². The lowest BCUT2D eigenvalue weighted by molar-refractivity contribution is 0.0561. The molecule has 2 heteroatoms. The summed E-state index contributed by atoms with van der Waals surface area (Å²) in [7, 11) is -0.946. The summed E-state index contributed by atoms with van der Waals surface area (Å²) < 4.78 is 6.04. The van der Waals surface area contributed by atoms with Gasteiger partial charge in [0, 0.05) is 0 Å². The molecule has 13 heavy (non-hydrogen) atoms. The van der Waals surface area contributed by atoms with E-state index in [1.165, 1.54) is 0 Å². The molecule has 0 saturated carbocycles. The van der Waals surface area contributed by atoms with Gasteiger partial charge in [0.15, 0.2) is 9.04 Å². The molecule has 0 aromatic carbocycles. The van der Waals surface area contributed by atoms with Crippen LogP contribution in [0.3, 0.4) is 0 Å². The molecule has 0 aromatic heterocycles. The highest BCUT2D eigenvalue weighted by atomic mass is 28.3. The molecule has 2 unspecified atom stereocenters. The normalized spacial score (nSPS) is 17.2. The average molecular weight is 200 g/mol. The number of rotatable bonds is 4. The molecule has 0 aliphatic rings. The lowest BCUT2D eigenvalue weighted by atomic mass is 9.82. The maximum Gasteiger partial charge on any atom is 0.171 e. The van der Waals surface area contributed by atoms with Crippen molar-refractivity contribution in [1.82, 2.24) is 0 Å². The summed E-state index contributed by atoms with van der Waals surface area (Å²) in [5, 5.41) is 0. The third-order valence-corrected chi connectivity index (χ3v) is 2.96. The zero-order valence-electron chi connectivity index (χ0n) is 9.92. The minimum Gasteiger partial charge on any atom is -0.417 e. The van der Waals surface area contributed by atoms with E-state index < -0.39 is 9.04 Å². The largest absolute Gasteiger partial charge is 0.417 e. The van der Waals surface area contributed by atoms with E-state index >= 15 is 0 Å². The molecule has 0 spiro atoms. The summed E-state index contributed by atoms with van der Waals surface area (Å²) in [5.74, 6) is 0.440. The van der Waals surface area contributed by atoms with Gasteiger partial charge in [0.25, 0.3) is 0 Å². The first-order chi connectivity index (χ1) is 5.79. The standard InChI is InChI=1S/C11H24OSi/c1-8-9(2)10(11(3,4)5)12-13(6)7/h8-10,13H,1H2,2-7H3.